The van der Waals surface area contributed by atoms with E-state index < -0.39 is 0 Å². The number of hydrogen-bond donors (Lipinski definition) is 1. The summed E-state index contributed by atoms with van der Waals surface area (Å²) in [5.41, 5.74) is 4.13. The Morgan fingerprint density at radius 1 is 1.44 bits per heavy atom. The zero-order chi connectivity index (χ0) is 11.5. The molecule has 1 saturated carbocycles. The maximum atomic E-state index is 11.4. The minimum atomic E-state index is 0.00593. The summed E-state index contributed by atoms with van der Waals surface area (Å²) in [5, 5.41) is 4.69. The SMILES string of the molecule is C/C(=N\NC(=O)C1CC1)c1ccccc1Cl. The molecule has 1 aliphatic rings. The highest BCUT2D eigenvalue weighted by molar-refractivity contribution is 6.34. The number of nitrogens with zero attached hydrogens (tertiary/aromatic N) is 1. The molecule has 0 heterocycles. The second-order valence-electron chi connectivity index (χ2n) is 3.93. The Kier molecular flexibility index (Phi) is 3.25. The summed E-state index contributed by atoms with van der Waals surface area (Å²) < 4.78 is 0. The van der Waals surface area contributed by atoms with Crippen molar-refractivity contribution in [2.45, 2.75) is 19.8 Å². The molecule has 84 valence electrons. The van der Waals surface area contributed by atoms with Crippen molar-refractivity contribution in [3.63, 3.8) is 0 Å². The van der Waals surface area contributed by atoms with Gasteiger partial charge in [-0.25, -0.2) is 5.43 Å². The van der Waals surface area contributed by atoms with Gasteiger partial charge in [0.2, 0.25) is 5.91 Å². The fraction of sp³-hybridized carbons (Fsp3) is 0.333. The molecule has 1 aliphatic carbocycles. The molecule has 0 atom stereocenters. The van der Waals surface area contributed by atoms with Gasteiger partial charge in [-0.2, -0.15) is 5.10 Å². The van der Waals surface area contributed by atoms with Crippen molar-refractivity contribution < 1.29 is 4.79 Å². The number of rotatable bonds is 3. The quantitative estimate of drug-likeness (QED) is 0.636. The monoisotopic (exact) mass is 236 g/mol. The van der Waals surface area contributed by atoms with Crippen LogP contribution in [-0.4, -0.2) is 11.6 Å². The molecule has 0 radical (unpaired) electrons. The van der Waals surface area contributed by atoms with E-state index >= 15 is 0 Å². The van der Waals surface area contributed by atoms with Crippen LogP contribution in [-0.2, 0) is 4.79 Å². The van der Waals surface area contributed by atoms with E-state index in [4.69, 9.17) is 11.6 Å². The van der Waals surface area contributed by atoms with Gasteiger partial charge in [0, 0.05) is 16.5 Å². The zero-order valence-electron chi connectivity index (χ0n) is 9.03. The molecule has 3 nitrogen and oxygen atoms in total. The molecule has 2 rings (SSSR count). The first kappa shape index (κ1) is 11.1. The molecule has 0 bridgehead atoms. The van der Waals surface area contributed by atoms with Crippen LogP contribution >= 0.6 is 11.6 Å². The predicted molar refractivity (Wildman–Crippen MR) is 64.5 cm³/mol. The first-order valence-corrected chi connectivity index (χ1v) is 5.65. The third-order valence-electron chi connectivity index (χ3n) is 2.55. The van der Waals surface area contributed by atoms with Gasteiger partial charge in [0.05, 0.1) is 5.71 Å². The lowest BCUT2D eigenvalue weighted by Gasteiger charge is -2.03. The van der Waals surface area contributed by atoms with E-state index in [1.807, 2.05) is 25.1 Å². The molecule has 1 aromatic rings. The van der Waals surface area contributed by atoms with Gasteiger partial charge in [0.15, 0.2) is 0 Å². The average molecular weight is 237 g/mol. The highest BCUT2D eigenvalue weighted by Gasteiger charge is 2.29. The number of hydrazone groups is 1. The zero-order valence-corrected chi connectivity index (χ0v) is 9.79. The van der Waals surface area contributed by atoms with Crippen LogP contribution < -0.4 is 5.43 Å². The van der Waals surface area contributed by atoms with Gasteiger partial charge in [-0.3, -0.25) is 4.79 Å². The van der Waals surface area contributed by atoms with Crippen molar-refractivity contribution in [1.29, 1.82) is 0 Å². The number of carbonyl (C=O) groups excluding carboxylic acids is 1. The fourth-order valence-electron chi connectivity index (χ4n) is 1.39. The topological polar surface area (TPSA) is 41.5 Å². The maximum absolute atomic E-state index is 11.4. The number of halogens is 1. The molecule has 16 heavy (non-hydrogen) atoms. The van der Waals surface area contributed by atoms with Crippen molar-refractivity contribution in [2.75, 3.05) is 0 Å². The van der Waals surface area contributed by atoms with Crippen LogP contribution in [0.2, 0.25) is 5.02 Å². The molecular weight excluding hydrogens is 224 g/mol. The van der Waals surface area contributed by atoms with E-state index in [0.717, 1.165) is 24.1 Å². The third-order valence-corrected chi connectivity index (χ3v) is 2.88. The molecule has 0 spiro atoms. The van der Waals surface area contributed by atoms with E-state index in [9.17, 15) is 4.79 Å². The summed E-state index contributed by atoms with van der Waals surface area (Å²) in [5.74, 6) is 0.175. The normalized spacial score (nSPS) is 16.0. The number of amides is 1. The molecule has 0 aromatic heterocycles. The molecule has 0 unspecified atom stereocenters. The van der Waals surface area contributed by atoms with Gasteiger partial charge in [0.1, 0.15) is 0 Å². The van der Waals surface area contributed by atoms with Crippen LogP contribution in [0.3, 0.4) is 0 Å². The fourth-order valence-corrected chi connectivity index (χ4v) is 1.66. The van der Waals surface area contributed by atoms with Crippen LogP contribution in [0, 0.1) is 5.92 Å². The van der Waals surface area contributed by atoms with Gasteiger partial charge in [-0.1, -0.05) is 29.8 Å². The number of hydrogen-bond acceptors (Lipinski definition) is 2. The summed E-state index contributed by atoms with van der Waals surface area (Å²) in [7, 11) is 0. The Bertz CT molecular complexity index is 438. The Morgan fingerprint density at radius 3 is 2.75 bits per heavy atom. The minimum absolute atomic E-state index is 0.00593. The number of benzene rings is 1. The lowest BCUT2D eigenvalue weighted by molar-refractivity contribution is -0.122. The molecule has 4 heteroatoms. The molecular formula is C12H13ClN2O. The molecule has 1 fully saturated rings. The standard InChI is InChI=1S/C12H13ClN2O/c1-8(10-4-2-3-5-11(10)13)14-15-12(16)9-6-7-9/h2-5,9H,6-7H2,1H3,(H,15,16)/b14-8+. The first-order valence-electron chi connectivity index (χ1n) is 5.27. The molecule has 0 saturated heterocycles. The van der Waals surface area contributed by atoms with Gasteiger partial charge in [-0.15, -0.1) is 0 Å². The summed E-state index contributed by atoms with van der Waals surface area (Å²) in [6.45, 7) is 1.83. The first-order chi connectivity index (χ1) is 7.68. The highest BCUT2D eigenvalue weighted by Crippen LogP contribution is 2.28. The lowest BCUT2D eigenvalue weighted by atomic mass is 10.1. The van der Waals surface area contributed by atoms with Crippen molar-refractivity contribution in [1.82, 2.24) is 5.43 Å². The van der Waals surface area contributed by atoms with Crippen LogP contribution in [0.1, 0.15) is 25.3 Å². The van der Waals surface area contributed by atoms with Gasteiger partial charge >= 0.3 is 0 Å². The van der Waals surface area contributed by atoms with Crippen molar-refractivity contribution in [3.05, 3.63) is 34.9 Å². The molecule has 1 amide bonds. The van der Waals surface area contributed by atoms with E-state index in [2.05, 4.69) is 10.5 Å². The molecule has 0 aliphatic heterocycles. The minimum Gasteiger partial charge on any atom is -0.273 e. The van der Waals surface area contributed by atoms with E-state index in [1.54, 1.807) is 6.07 Å². The maximum Gasteiger partial charge on any atom is 0.243 e. The smallest absolute Gasteiger partial charge is 0.243 e. The van der Waals surface area contributed by atoms with Crippen molar-refractivity contribution >= 4 is 23.2 Å². The van der Waals surface area contributed by atoms with Crippen molar-refractivity contribution in [2.24, 2.45) is 11.0 Å². The second-order valence-corrected chi connectivity index (χ2v) is 4.33. The van der Waals surface area contributed by atoms with Crippen LogP contribution in [0.25, 0.3) is 0 Å². The van der Waals surface area contributed by atoms with Crippen LogP contribution in [0.15, 0.2) is 29.4 Å². The lowest BCUT2D eigenvalue weighted by Crippen LogP contribution is -2.20. The van der Waals surface area contributed by atoms with E-state index in [1.165, 1.54) is 0 Å². The Hall–Kier alpha value is -1.35. The van der Waals surface area contributed by atoms with Gasteiger partial charge in [0.25, 0.3) is 0 Å². The number of carbonyl (C=O) groups is 1. The largest absolute Gasteiger partial charge is 0.273 e. The third kappa shape index (κ3) is 2.61. The van der Waals surface area contributed by atoms with Crippen LogP contribution in [0.5, 0.6) is 0 Å². The Balaban J connectivity index is 2.06. The summed E-state index contributed by atoms with van der Waals surface area (Å²) >= 11 is 6.02. The second kappa shape index (κ2) is 4.66. The van der Waals surface area contributed by atoms with E-state index in [-0.39, 0.29) is 11.8 Å². The van der Waals surface area contributed by atoms with Crippen molar-refractivity contribution in [3.8, 4) is 0 Å². The summed E-state index contributed by atoms with van der Waals surface area (Å²) in [6.07, 6.45) is 1.96. The highest BCUT2D eigenvalue weighted by atomic mass is 35.5. The summed E-state index contributed by atoms with van der Waals surface area (Å²) in [6, 6.07) is 7.44. The molecule has 1 aromatic carbocycles. The summed E-state index contributed by atoms with van der Waals surface area (Å²) in [4.78, 5) is 11.4. The van der Waals surface area contributed by atoms with E-state index in [0.29, 0.717) is 5.02 Å². The Labute approximate surface area is 99.5 Å². The predicted octanol–water partition coefficient (Wildman–Crippen LogP) is 2.59. The average Bonchev–Trinajstić information content (AvgIpc) is 3.10. The van der Waals surface area contributed by atoms with Gasteiger partial charge < -0.3 is 0 Å². The van der Waals surface area contributed by atoms with Crippen LogP contribution in [0.4, 0.5) is 0 Å². The number of nitrogens with one attached hydrogen (secondary N) is 1. The Morgan fingerprint density at radius 2 is 2.12 bits per heavy atom. The molecule has 1 N–H and O–H groups in total. The van der Waals surface area contributed by atoms with Gasteiger partial charge in [-0.05, 0) is 25.8 Å².